The Balaban J connectivity index is 1.49. The number of nitrogens with one attached hydrogen (secondary N) is 1. The second-order valence-electron chi connectivity index (χ2n) is 22.1. The van der Waals surface area contributed by atoms with E-state index in [1.54, 1.807) is 6.08 Å². The lowest BCUT2D eigenvalue weighted by Crippen LogP contribution is -2.66. The third kappa shape index (κ3) is 31.5. The van der Waals surface area contributed by atoms with E-state index in [1.807, 2.05) is 6.08 Å². The van der Waals surface area contributed by atoms with E-state index in [0.717, 1.165) is 89.9 Å². The van der Waals surface area contributed by atoms with Gasteiger partial charge in [0.2, 0.25) is 5.91 Å². The summed E-state index contributed by atoms with van der Waals surface area (Å²) in [6.07, 6.45) is 40.0. The number of aliphatic hydroxyl groups excluding tert-OH is 11. The lowest BCUT2D eigenvalue weighted by molar-refractivity contribution is -0.379. The molecule has 0 aromatic carbocycles. The van der Waals surface area contributed by atoms with Crippen molar-refractivity contribution >= 4 is 5.91 Å². The molecule has 17 unspecified atom stereocenters. The number of carbonyl (C=O) groups excluding carboxylic acids is 1. The second kappa shape index (κ2) is 48.7. The molecule has 0 aromatic heterocycles. The third-order valence-electron chi connectivity index (χ3n) is 14.9. The molecule has 12 N–H and O–H groups in total. The van der Waals surface area contributed by atoms with Gasteiger partial charge in [-0.2, -0.15) is 0 Å². The van der Waals surface area contributed by atoms with Crippen molar-refractivity contribution < 1.29 is 89.4 Å². The summed E-state index contributed by atoms with van der Waals surface area (Å²) >= 11 is 0. The summed E-state index contributed by atoms with van der Waals surface area (Å²) in [6, 6.07) is -1.03. The van der Waals surface area contributed by atoms with Crippen LogP contribution in [0.4, 0.5) is 0 Å². The van der Waals surface area contributed by atoms with Crippen molar-refractivity contribution in [3.8, 4) is 0 Å². The summed E-state index contributed by atoms with van der Waals surface area (Å²) in [5, 5.41) is 120. The maximum absolute atomic E-state index is 13.3. The summed E-state index contributed by atoms with van der Waals surface area (Å²) in [5.74, 6) is -0.340. The molecule has 1 amide bonds. The average molecular weight is 1230 g/mol. The van der Waals surface area contributed by atoms with Gasteiger partial charge in [-0.3, -0.25) is 4.79 Å². The molecule has 3 rings (SSSR count). The highest BCUT2D eigenvalue weighted by Crippen LogP contribution is 2.33. The number of allylic oxidation sites excluding steroid dienone is 21. The molecule has 0 bridgehead atoms. The Morgan fingerprint density at radius 3 is 1.28 bits per heavy atom. The standard InChI is InChI=1S/C68H109NO18/c1-3-5-7-9-11-13-15-17-19-20-21-22-23-24-25-26-27-28-29-30-32-34-36-38-40-42-44-46-56(74)69-51(52(73)45-43-41-39-37-35-33-31-18-16-14-12-10-8-6-4-2)50-82-66-62(80)59(77)64(54(48-71)84-66)87-68-63(81)60(78)65(55(49-72)85-68)86-67-61(79)58(76)57(75)53(47-70)83-67/h5,7,11,13,16-19,21-22,24-25,27-28,30,32,35-38,43,45,51-55,57-68,70-73,75-81H,3-4,6,8-10,12,14-15,20,23,26,29,31,33-34,39-42,44,46-50H2,1-2H3,(H,69,74)/b7-5-,13-11-,18-16+,19-17-,22-21-,25-24-,28-27-,32-30-,37-35+,38-36-,45-43+. The summed E-state index contributed by atoms with van der Waals surface area (Å²) in [6.45, 7) is 1.50. The maximum Gasteiger partial charge on any atom is 0.220 e. The highest BCUT2D eigenvalue weighted by Gasteiger charge is 2.53. The number of rotatable bonds is 45. The van der Waals surface area contributed by atoms with Gasteiger partial charge in [0.15, 0.2) is 18.9 Å². The first kappa shape index (κ1) is 77.2. The second-order valence-corrected chi connectivity index (χ2v) is 22.1. The van der Waals surface area contributed by atoms with Crippen LogP contribution in [0, 0.1) is 0 Å². The molecule has 17 atom stereocenters. The van der Waals surface area contributed by atoms with Gasteiger partial charge >= 0.3 is 0 Å². The molecule has 3 fully saturated rings. The van der Waals surface area contributed by atoms with Crippen LogP contribution < -0.4 is 5.32 Å². The Morgan fingerprint density at radius 2 is 0.805 bits per heavy atom. The number of carbonyl (C=O) groups is 1. The smallest absolute Gasteiger partial charge is 0.220 e. The summed E-state index contributed by atoms with van der Waals surface area (Å²) in [7, 11) is 0. The third-order valence-corrected chi connectivity index (χ3v) is 14.9. The summed E-state index contributed by atoms with van der Waals surface area (Å²) < 4.78 is 34.2. The molecule has 0 saturated carbocycles. The van der Waals surface area contributed by atoms with Crippen molar-refractivity contribution in [3.05, 3.63) is 134 Å². The first-order chi connectivity index (χ1) is 42.3. The molecule has 3 aliphatic rings. The van der Waals surface area contributed by atoms with Gasteiger partial charge in [-0.25, -0.2) is 0 Å². The van der Waals surface area contributed by atoms with Gasteiger partial charge in [-0.05, 0) is 109 Å². The van der Waals surface area contributed by atoms with E-state index in [-0.39, 0.29) is 12.3 Å². The van der Waals surface area contributed by atoms with Crippen molar-refractivity contribution in [2.24, 2.45) is 0 Å². The molecule has 0 aromatic rings. The topological polar surface area (TPSA) is 307 Å². The van der Waals surface area contributed by atoms with E-state index in [1.165, 1.54) is 32.1 Å². The number of unbranched alkanes of at least 4 members (excludes halogenated alkanes) is 9. The highest BCUT2D eigenvalue weighted by atomic mass is 16.8. The van der Waals surface area contributed by atoms with Crippen LogP contribution in [0.15, 0.2) is 134 Å². The molecule has 87 heavy (non-hydrogen) atoms. The van der Waals surface area contributed by atoms with Gasteiger partial charge in [0, 0.05) is 6.42 Å². The van der Waals surface area contributed by atoms with Crippen LogP contribution in [0.1, 0.15) is 155 Å². The minimum absolute atomic E-state index is 0.167. The molecule has 0 aliphatic carbocycles. The Bertz CT molecular complexity index is 2100. The van der Waals surface area contributed by atoms with Gasteiger partial charge in [0.05, 0.1) is 38.6 Å². The van der Waals surface area contributed by atoms with Crippen molar-refractivity contribution in [2.45, 2.75) is 259 Å². The summed E-state index contributed by atoms with van der Waals surface area (Å²) in [5.41, 5.74) is 0. The fourth-order valence-electron chi connectivity index (χ4n) is 9.71. The van der Waals surface area contributed by atoms with Gasteiger partial charge < -0.3 is 89.9 Å². The Labute approximate surface area is 518 Å². The van der Waals surface area contributed by atoms with Crippen LogP contribution >= 0.6 is 0 Å². The Hall–Kier alpha value is -4.07. The first-order valence-electron chi connectivity index (χ1n) is 31.9. The average Bonchev–Trinajstić information content (AvgIpc) is 1.10. The van der Waals surface area contributed by atoms with Gasteiger partial charge in [0.25, 0.3) is 0 Å². The molecule has 3 saturated heterocycles. The summed E-state index contributed by atoms with van der Waals surface area (Å²) in [4.78, 5) is 13.3. The maximum atomic E-state index is 13.3. The van der Waals surface area contributed by atoms with Gasteiger partial charge in [-0.1, -0.05) is 173 Å². The molecule has 19 heteroatoms. The molecule has 0 spiro atoms. The van der Waals surface area contributed by atoms with Crippen molar-refractivity contribution in [2.75, 3.05) is 26.4 Å². The Kier molecular flexibility index (Phi) is 43.2. The number of ether oxygens (including phenoxy) is 6. The minimum Gasteiger partial charge on any atom is -0.394 e. The van der Waals surface area contributed by atoms with Crippen LogP contribution in [0.3, 0.4) is 0 Å². The molecule has 19 nitrogen and oxygen atoms in total. The van der Waals surface area contributed by atoms with Crippen LogP contribution in [0.2, 0.25) is 0 Å². The number of hydrogen-bond acceptors (Lipinski definition) is 18. The monoisotopic (exact) mass is 1230 g/mol. The molecular weight excluding hydrogens is 1120 g/mol. The van der Waals surface area contributed by atoms with Crippen LogP contribution in [0.5, 0.6) is 0 Å². The van der Waals surface area contributed by atoms with Gasteiger partial charge in [-0.15, -0.1) is 0 Å². The zero-order valence-corrected chi connectivity index (χ0v) is 51.7. The highest BCUT2D eigenvalue weighted by molar-refractivity contribution is 5.76. The zero-order valence-electron chi connectivity index (χ0n) is 51.7. The number of hydrogen-bond donors (Lipinski definition) is 12. The van der Waals surface area contributed by atoms with E-state index in [4.69, 9.17) is 28.4 Å². The van der Waals surface area contributed by atoms with Crippen molar-refractivity contribution in [3.63, 3.8) is 0 Å². The SMILES string of the molecule is CC/C=C\C/C=C\C/C=C\C/C=C\C/C=C\C/C=C\C/C=C\C/C=C\CCCCC(=O)NC(COC1OC(CO)C(OC2OC(CO)C(OC3OC(CO)C(O)C(O)C3O)C(O)C2O)C(O)C1O)C(O)/C=C/CC/C=C/CC/C=C/CCCCCCC. The van der Waals surface area contributed by atoms with Gasteiger partial charge in [0.1, 0.15) is 73.2 Å². The lowest BCUT2D eigenvalue weighted by atomic mass is 9.96. The van der Waals surface area contributed by atoms with Crippen molar-refractivity contribution in [1.82, 2.24) is 5.32 Å². The normalized spacial score (nSPS) is 29.5. The molecule has 3 aliphatic heterocycles. The predicted molar refractivity (Wildman–Crippen MR) is 336 cm³/mol. The number of amides is 1. The number of aliphatic hydroxyl groups is 11. The van der Waals surface area contributed by atoms with Crippen LogP contribution in [-0.4, -0.2) is 193 Å². The van der Waals surface area contributed by atoms with E-state index < -0.39 is 131 Å². The predicted octanol–water partition coefficient (Wildman–Crippen LogP) is 7.04. The fraction of sp³-hybridized carbons (Fsp3) is 0.662. The fourth-order valence-corrected chi connectivity index (χ4v) is 9.71. The zero-order chi connectivity index (χ0) is 63.3. The molecule has 0 radical (unpaired) electrons. The molecule has 3 heterocycles. The van der Waals surface area contributed by atoms with Crippen LogP contribution in [-0.2, 0) is 33.2 Å². The largest absolute Gasteiger partial charge is 0.394 e. The van der Waals surface area contributed by atoms with E-state index in [9.17, 15) is 61.0 Å². The quantitative estimate of drug-likeness (QED) is 0.0215. The van der Waals surface area contributed by atoms with E-state index in [0.29, 0.717) is 12.8 Å². The van der Waals surface area contributed by atoms with Crippen molar-refractivity contribution in [1.29, 1.82) is 0 Å². The molecule has 494 valence electrons. The van der Waals surface area contributed by atoms with Crippen LogP contribution in [0.25, 0.3) is 0 Å². The molecular formula is C68H109NO18. The lowest BCUT2D eigenvalue weighted by Gasteiger charge is -2.48. The van der Waals surface area contributed by atoms with E-state index >= 15 is 0 Å². The minimum atomic E-state index is -1.99. The van der Waals surface area contributed by atoms with E-state index in [2.05, 4.69) is 141 Å². The first-order valence-corrected chi connectivity index (χ1v) is 31.9. The Morgan fingerprint density at radius 1 is 0.425 bits per heavy atom.